The van der Waals surface area contributed by atoms with Gasteiger partial charge in [-0.2, -0.15) is 4.31 Å². The molecule has 2 heterocycles. The van der Waals surface area contributed by atoms with Crippen LogP contribution in [0.4, 0.5) is 0 Å². The van der Waals surface area contributed by atoms with Gasteiger partial charge in [-0.15, -0.1) is 11.8 Å². The third-order valence-corrected chi connectivity index (χ3v) is 8.27. The molecule has 2 aliphatic rings. The number of hydrogen-bond donors (Lipinski definition) is 1. The van der Waals surface area contributed by atoms with Crippen LogP contribution in [-0.2, 0) is 14.8 Å². The third kappa shape index (κ3) is 5.34. The van der Waals surface area contributed by atoms with Crippen molar-refractivity contribution in [3.8, 4) is 11.5 Å². The smallest absolute Gasteiger partial charge is 0.243 e. The molecule has 9 heteroatoms. The summed E-state index contributed by atoms with van der Waals surface area (Å²) in [5.41, 5.74) is 1.02. The zero-order chi connectivity index (χ0) is 21.8. The molecule has 0 atom stereocenters. The Morgan fingerprint density at radius 1 is 1.06 bits per heavy atom. The molecule has 2 aromatic rings. The van der Waals surface area contributed by atoms with Gasteiger partial charge in [-0.3, -0.25) is 4.79 Å². The summed E-state index contributed by atoms with van der Waals surface area (Å²) in [6, 6.07) is 12.6. The van der Waals surface area contributed by atoms with E-state index >= 15 is 0 Å². The van der Waals surface area contributed by atoms with Crippen molar-refractivity contribution in [1.82, 2.24) is 9.62 Å². The molecule has 0 radical (unpaired) electrons. The molecule has 0 unspecified atom stereocenters. The number of piperidine rings is 1. The van der Waals surface area contributed by atoms with Gasteiger partial charge in [-0.25, -0.2) is 8.42 Å². The fraction of sp³-hybridized carbons (Fsp3) is 0.409. The number of ether oxygens (including phenoxy) is 2. The van der Waals surface area contributed by atoms with Crippen molar-refractivity contribution in [1.29, 1.82) is 0 Å². The first kappa shape index (κ1) is 22.0. The average Bonchev–Trinajstić information content (AvgIpc) is 2.78. The van der Waals surface area contributed by atoms with Crippen LogP contribution in [0.1, 0.15) is 18.4 Å². The van der Waals surface area contributed by atoms with Crippen LogP contribution in [-0.4, -0.2) is 56.7 Å². The highest BCUT2D eigenvalue weighted by atomic mass is 32.2. The molecule has 1 amide bonds. The Hall–Kier alpha value is -2.23. The Morgan fingerprint density at radius 3 is 2.45 bits per heavy atom. The summed E-state index contributed by atoms with van der Waals surface area (Å²) in [6.45, 7) is 3.80. The van der Waals surface area contributed by atoms with E-state index in [4.69, 9.17) is 9.47 Å². The van der Waals surface area contributed by atoms with Gasteiger partial charge in [0.2, 0.25) is 15.9 Å². The standard InChI is InChI=1S/C22H26N2O5S2/c1-16-2-5-19(6-3-16)31(26,27)24-10-8-17(9-11-24)23-22(25)15-30-18-4-7-20-21(14-18)29-13-12-28-20/h2-7,14,17H,8-13,15H2,1H3,(H,23,25). The maximum absolute atomic E-state index is 12.8. The van der Waals surface area contributed by atoms with Crippen molar-refractivity contribution < 1.29 is 22.7 Å². The van der Waals surface area contributed by atoms with Gasteiger partial charge in [0.1, 0.15) is 13.2 Å². The Kier molecular flexibility index (Phi) is 6.74. The summed E-state index contributed by atoms with van der Waals surface area (Å²) in [7, 11) is -3.49. The van der Waals surface area contributed by atoms with E-state index in [0.29, 0.717) is 55.5 Å². The number of sulfonamides is 1. The Balaban J connectivity index is 1.25. The third-order valence-electron chi connectivity index (χ3n) is 5.36. The van der Waals surface area contributed by atoms with Gasteiger partial charge in [0.05, 0.1) is 10.6 Å². The van der Waals surface area contributed by atoms with Gasteiger partial charge in [0.25, 0.3) is 0 Å². The van der Waals surface area contributed by atoms with Crippen LogP contribution in [0.2, 0.25) is 0 Å². The van der Waals surface area contributed by atoms with E-state index in [9.17, 15) is 13.2 Å². The lowest BCUT2D eigenvalue weighted by atomic mass is 10.1. The van der Waals surface area contributed by atoms with Crippen molar-refractivity contribution in [2.45, 2.75) is 35.6 Å². The Morgan fingerprint density at radius 2 is 1.74 bits per heavy atom. The second-order valence-electron chi connectivity index (χ2n) is 7.65. The van der Waals surface area contributed by atoms with Crippen molar-refractivity contribution in [2.75, 3.05) is 32.1 Å². The maximum Gasteiger partial charge on any atom is 0.243 e. The molecule has 0 aliphatic carbocycles. The first-order valence-corrected chi connectivity index (χ1v) is 12.7. The molecule has 2 aliphatic heterocycles. The van der Waals surface area contributed by atoms with E-state index in [0.717, 1.165) is 16.2 Å². The molecule has 0 spiro atoms. The zero-order valence-electron chi connectivity index (χ0n) is 17.4. The van der Waals surface area contributed by atoms with E-state index in [1.165, 1.54) is 16.1 Å². The first-order valence-electron chi connectivity index (χ1n) is 10.3. The molecule has 1 saturated heterocycles. The fourth-order valence-electron chi connectivity index (χ4n) is 3.63. The summed E-state index contributed by atoms with van der Waals surface area (Å²) < 4.78 is 38.2. The fourth-order valence-corrected chi connectivity index (χ4v) is 5.84. The number of aryl methyl sites for hydroxylation is 1. The van der Waals surface area contributed by atoms with Gasteiger partial charge in [0, 0.05) is 24.0 Å². The highest BCUT2D eigenvalue weighted by molar-refractivity contribution is 8.00. The molecule has 1 N–H and O–H groups in total. The highest BCUT2D eigenvalue weighted by Crippen LogP contribution is 2.34. The molecular weight excluding hydrogens is 436 g/mol. The van der Waals surface area contributed by atoms with Crippen molar-refractivity contribution in [3.05, 3.63) is 48.0 Å². The zero-order valence-corrected chi connectivity index (χ0v) is 19.0. The number of amides is 1. The minimum Gasteiger partial charge on any atom is -0.486 e. The van der Waals surface area contributed by atoms with Crippen molar-refractivity contribution in [2.24, 2.45) is 0 Å². The number of thioether (sulfide) groups is 1. The van der Waals surface area contributed by atoms with Crippen molar-refractivity contribution in [3.63, 3.8) is 0 Å². The molecule has 166 valence electrons. The van der Waals surface area contributed by atoms with E-state index in [2.05, 4.69) is 5.32 Å². The summed E-state index contributed by atoms with van der Waals surface area (Å²) in [6.07, 6.45) is 1.21. The monoisotopic (exact) mass is 462 g/mol. The van der Waals surface area contributed by atoms with Crippen LogP contribution in [0, 0.1) is 6.92 Å². The first-order chi connectivity index (χ1) is 14.9. The summed E-state index contributed by atoms with van der Waals surface area (Å²) >= 11 is 1.44. The lowest BCUT2D eigenvalue weighted by Crippen LogP contribution is -2.46. The summed E-state index contributed by atoms with van der Waals surface area (Å²) in [4.78, 5) is 13.6. The van der Waals surface area contributed by atoms with Gasteiger partial charge in [-0.1, -0.05) is 17.7 Å². The number of hydrogen-bond acceptors (Lipinski definition) is 6. The second kappa shape index (κ2) is 9.50. The number of benzene rings is 2. The number of carbonyl (C=O) groups excluding carboxylic acids is 1. The molecule has 0 aromatic heterocycles. The number of carbonyl (C=O) groups is 1. The minimum absolute atomic E-state index is 0.0159. The van der Waals surface area contributed by atoms with Gasteiger partial charge >= 0.3 is 0 Å². The molecule has 0 saturated carbocycles. The largest absolute Gasteiger partial charge is 0.486 e. The number of fused-ring (bicyclic) bond motifs is 1. The van der Waals surface area contributed by atoms with Crippen LogP contribution >= 0.6 is 11.8 Å². The molecule has 0 bridgehead atoms. The van der Waals surface area contributed by atoms with Gasteiger partial charge < -0.3 is 14.8 Å². The topological polar surface area (TPSA) is 84.9 Å². The van der Waals surface area contributed by atoms with Crippen molar-refractivity contribution >= 4 is 27.7 Å². The molecule has 2 aromatic carbocycles. The van der Waals surface area contributed by atoms with E-state index in [1.54, 1.807) is 24.3 Å². The highest BCUT2D eigenvalue weighted by Gasteiger charge is 2.29. The molecule has 31 heavy (non-hydrogen) atoms. The van der Waals surface area contributed by atoms with Crippen LogP contribution in [0.15, 0.2) is 52.3 Å². The van der Waals surface area contributed by atoms with Crippen LogP contribution in [0.3, 0.4) is 0 Å². The quantitative estimate of drug-likeness (QED) is 0.665. The number of nitrogens with zero attached hydrogens (tertiary/aromatic N) is 1. The molecule has 7 nitrogen and oxygen atoms in total. The SMILES string of the molecule is Cc1ccc(S(=O)(=O)N2CCC(NC(=O)CSc3ccc4c(c3)OCCO4)CC2)cc1. The van der Waals surface area contributed by atoms with Crippen LogP contribution < -0.4 is 14.8 Å². The maximum atomic E-state index is 12.8. The summed E-state index contributed by atoms with van der Waals surface area (Å²) in [5.74, 6) is 1.67. The Labute approximate surface area is 187 Å². The molecule has 1 fully saturated rings. The normalized spacial score (nSPS) is 17.3. The van der Waals surface area contributed by atoms with E-state index in [1.807, 2.05) is 25.1 Å². The van der Waals surface area contributed by atoms with Gasteiger partial charge in [0.15, 0.2) is 11.5 Å². The molecule has 4 rings (SSSR count). The average molecular weight is 463 g/mol. The number of nitrogens with one attached hydrogen (secondary N) is 1. The lowest BCUT2D eigenvalue weighted by Gasteiger charge is -2.31. The van der Waals surface area contributed by atoms with E-state index < -0.39 is 10.0 Å². The Bertz CT molecular complexity index is 1030. The minimum atomic E-state index is -3.49. The van der Waals surface area contributed by atoms with Gasteiger partial charge in [-0.05, 0) is 50.1 Å². The predicted octanol–water partition coefficient (Wildman–Crippen LogP) is 2.83. The van der Waals surface area contributed by atoms with E-state index in [-0.39, 0.29) is 11.9 Å². The predicted molar refractivity (Wildman–Crippen MR) is 119 cm³/mol. The van der Waals surface area contributed by atoms with Crippen LogP contribution in [0.5, 0.6) is 11.5 Å². The second-order valence-corrected chi connectivity index (χ2v) is 10.6. The summed E-state index contributed by atoms with van der Waals surface area (Å²) in [5, 5.41) is 3.03. The lowest BCUT2D eigenvalue weighted by molar-refractivity contribution is -0.119. The molecular formula is C22H26N2O5S2. The van der Waals surface area contributed by atoms with Crippen LogP contribution in [0.25, 0.3) is 0 Å². The number of rotatable bonds is 6.